The molecule has 1 saturated heterocycles. The van der Waals surface area contributed by atoms with Gasteiger partial charge in [0.15, 0.2) is 0 Å². The summed E-state index contributed by atoms with van der Waals surface area (Å²) in [5.41, 5.74) is 1.95. The zero-order valence-electron chi connectivity index (χ0n) is 14.6. The number of thiophene rings is 1. The van der Waals surface area contributed by atoms with E-state index in [1.54, 1.807) is 11.3 Å². The molecule has 0 N–H and O–H groups in total. The van der Waals surface area contributed by atoms with E-state index in [1.807, 2.05) is 34.5 Å². The summed E-state index contributed by atoms with van der Waals surface area (Å²) in [6.45, 7) is 3.33. The summed E-state index contributed by atoms with van der Waals surface area (Å²) in [5.74, 6) is 1.13. The second kappa shape index (κ2) is 6.81. The van der Waals surface area contributed by atoms with E-state index in [0.717, 1.165) is 42.8 Å². The van der Waals surface area contributed by atoms with Crippen LogP contribution in [0.3, 0.4) is 0 Å². The monoisotopic (exact) mass is 356 g/mol. The quantitative estimate of drug-likeness (QED) is 0.829. The Morgan fingerprint density at radius 3 is 2.80 bits per heavy atom. The Labute approximate surface area is 153 Å². The van der Waals surface area contributed by atoms with Crippen molar-refractivity contribution < 1.29 is 9.53 Å². The van der Waals surface area contributed by atoms with E-state index >= 15 is 0 Å². The average Bonchev–Trinajstić information content (AvgIpc) is 3.05. The number of hydrogen-bond donors (Lipinski definition) is 0. The predicted octanol–water partition coefficient (Wildman–Crippen LogP) is 3.18. The molecule has 0 atom stereocenters. The minimum absolute atomic E-state index is 0.192. The van der Waals surface area contributed by atoms with Gasteiger partial charge in [0.1, 0.15) is 11.4 Å². The maximum atomic E-state index is 13.0. The largest absolute Gasteiger partial charge is 0.485 e. The molecule has 3 heterocycles. The molecule has 4 rings (SSSR count). The van der Waals surface area contributed by atoms with E-state index in [1.165, 1.54) is 0 Å². The number of para-hydroxylation sites is 1. The molecule has 4 nitrogen and oxygen atoms in total. The van der Waals surface area contributed by atoms with Gasteiger partial charge in [-0.2, -0.15) is 11.3 Å². The van der Waals surface area contributed by atoms with Gasteiger partial charge in [0.2, 0.25) is 5.91 Å². The molecule has 1 spiro atoms. The third-order valence-corrected chi connectivity index (χ3v) is 6.06. The summed E-state index contributed by atoms with van der Waals surface area (Å²) in [6, 6.07) is 10.2. The molecule has 5 heteroatoms. The van der Waals surface area contributed by atoms with E-state index in [-0.39, 0.29) is 11.5 Å². The summed E-state index contributed by atoms with van der Waals surface area (Å²) < 4.78 is 6.53. The normalized spacial score (nSPS) is 20.0. The number of likely N-dealkylation sites (tertiary alicyclic amines) is 1. The molecule has 2 aliphatic rings. The van der Waals surface area contributed by atoms with Crippen molar-refractivity contribution in [3.63, 3.8) is 0 Å². The fraction of sp³-hybridized carbons (Fsp3) is 0.450. The first-order valence-electron chi connectivity index (χ1n) is 8.88. The second-order valence-corrected chi connectivity index (χ2v) is 8.03. The van der Waals surface area contributed by atoms with Crippen LogP contribution in [-0.4, -0.2) is 48.0 Å². The van der Waals surface area contributed by atoms with Crippen LogP contribution in [0.25, 0.3) is 0 Å². The first kappa shape index (κ1) is 16.6. The molecule has 0 unspecified atom stereocenters. The van der Waals surface area contributed by atoms with Crippen molar-refractivity contribution in [1.29, 1.82) is 0 Å². The molecule has 132 valence electrons. The number of benzene rings is 1. The van der Waals surface area contributed by atoms with Gasteiger partial charge >= 0.3 is 0 Å². The van der Waals surface area contributed by atoms with E-state index in [0.29, 0.717) is 19.5 Å². The zero-order valence-corrected chi connectivity index (χ0v) is 15.4. The third-order valence-electron chi connectivity index (χ3n) is 5.33. The van der Waals surface area contributed by atoms with Crippen LogP contribution in [0, 0.1) is 0 Å². The van der Waals surface area contributed by atoms with Crippen molar-refractivity contribution in [1.82, 2.24) is 9.80 Å². The number of fused-ring (bicyclic) bond motifs is 1. The Hall–Kier alpha value is -1.85. The average molecular weight is 356 g/mol. The van der Waals surface area contributed by atoms with E-state index in [9.17, 15) is 4.79 Å². The van der Waals surface area contributed by atoms with Crippen LogP contribution in [0.1, 0.15) is 24.0 Å². The summed E-state index contributed by atoms with van der Waals surface area (Å²) >= 11 is 1.64. The van der Waals surface area contributed by atoms with Crippen molar-refractivity contribution in [2.45, 2.75) is 31.4 Å². The number of ether oxygens (including phenoxy) is 1. The minimum atomic E-state index is -0.260. The Kier molecular flexibility index (Phi) is 4.52. The smallest absolute Gasteiger partial charge is 0.227 e. The fourth-order valence-corrected chi connectivity index (χ4v) is 4.42. The molecule has 25 heavy (non-hydrogen) atoms. The van der Waals surface area contributed by atoms with Crippen LogP contribution in [0.15, 0.2) is 41.1 Å². The second-order valence-electron chi connectivity index (χ2n) is 7.25. The van der Waals surface area contributed by atoms with Gasteiger partial charge in [0.05, 0.1) is 13.0 Å². The van der Waals surface area contributed by atoms with Gasteiger partial charge in [-0.05, 0) is 35.5 Å². The van der Waals surface area contributed by atoms with Crippen molar-refractivity contribution in [3.05, 3.63) is 52.2 Å². The minimum Gasteiger partial charge on any atom is -0.485 e. The van der Waals surface area contributed by atoms with Crippen LogP contribution in [0.5, 0.6) is 5.75 Å². The maximum Gasteiger partial charge on any atom is 0.227 e. The zero-order chi connectivity index (χ0) is 17.3. The topological polar surface area (TPSA) is 32.8 Å². The molecule has 0 saturated carbocycles. The number of rotatable bonds is 2. The fourth-order valence-electron chi connectivity index (χ4n) is 3.75. The van der Waals surface area contributed by atoms with Crippen LogP contribution in [0.4, 0.5) is 0 Å². The first-order chi connectivity index (χ1) is 12.1. The van der Waals surface area contributed by atoms with Crippen LogP contribution in [-0.2, 0) is 17.8 Å². The van der Waals surface area contributed by atoms with Gasteiger partial charge in [-0.15, -0.1) is 0 Å². The summed E-state index contributed by atoms with van der Waals surface area (Å²) in [7, 11) is 2.15. The van der Waals surface area contributed by atoms with Gasteiger partial charge in [-0.3, -0.25) is 4.79 Å². The lowest BCUT2D eigenvalue weighted by Gasteiger charge is -2.41. The van der Waals surface area contributed by atoms with E-state index in [2.05, 4.69) is 23.4 Å². The van der Waals surface area contributed by atoms with Gasteiger partial charge in [-0.1, -0.05) is 18.2 Å². The third kappa shape index (κ3) is 3.58. The standard InChI is InChI=1S/C20H24N2O2S/c1-21-9-7-20(8-10-21)15-22(19(23)12-16-6-11-25-14-16)13-17-4-2-3-5-18(17)24-20/h2-6,11,14H,7-10,12-13,15H2,1H3. The number of carbonyl (C=O) groups excluding carboxylic acids is 1. The Morgan fingerprint density at radius 1 is 1.24 bits per heavy atom. The molecule has 2 aliphatic heterocycles. The predicted molar refractivity (Wildman–Crippen MR) is 100.0 cm³/mol. The molecule has 0 radical (unpaired) electrons. The highest BCUT2D eigenvalue weighted by molar-refractivity contribution is 7.08. The summed E-state index contributed by atoms with van der Waals surface area (Å²) in [6.07, 6.45) is 2.39. The highest BCUT2D eigenvalue weighted by Crippen LogP contribution is 2.35. The van der Waals surface area contributed by atoms with Crippen LogP contribution < -0.4 is 4.74 Å². The van der Waals surface area contributed by atoms with Crippen molar-refractivity contribution in [2.24, 2.45) is 0 Å². The van der Waals surface area contributed by atoms with Crippen molar-refractivity contribution in [3.8, 4) is 5.75 Å². The van der Waals surface area contributed by atoms with Gasteiger partial charge < -0.3 is 14.5 Å². The number of piperidine rings is 1. The SMILES string of the molecule is CN1CCC2(CC1)CN(C(=O)Cc1ccsc1)Cc1ccccc1O2. The van der Waals surface area contributed by atoms with Crippen LogP contribution >= 0.6 is 11.3 Å². The van der Waals surface area contributed by atoms with Gasteiger partial charge in [-0.25, -0.2) is 0 Å². The van der Waals surface area contributed by atoms with Gasteiger partial charge in [0.25, 0.3) is 0 Å². The number of hydrogen-bond acceptors (Lipinski definition) is 4. The van der Waals surface area contributed by atoms with E-state index < -0.39 is 0 Å². The molecular formula is C20H24N2O2S. The molecule has 1 amide bonds. The number of amides is 1. The number of nitrogens with zero attached hydrogens (tertiary/aromatic N) is 2. The van der Waals surface area contributed by atoms with Crippen LogP contribution in [0.2, 0.25) is 0 Å². The lowest BCUT2D eigenvalue weighted by Crippen LogP contribution is -2.53. The van der Waals surface area contributed by atoms with Gasteiger partial charge in [0, 0.05) is 38.0 Å². The molecule has 0 bridgehead atoms. The number of carbonyl (C=O) groups is 1. The van der Waals surface area contributed by atoms with Crippen molar-refractivity contribution in [2.75, 3.05) is 26.7 Å². The molecule has 1 aromatic heterocycles. The lowest BCUT2D eigenvalue weighted by atomic mass is 9.90. The highest BCUT2D eigenvalue weighted by atomic mass is 32.1. The molecule has 2 aromatic rings. The maximum absolute atomic E-state index is 13.0. The lowest BCUT2D eigenvalue weighted by molar-refractivity contribution is -0.134. The molecule has 1 aromatic carbocycles. The summed E-state index contributed by atoms with van der Waals surface area (Å²) in [5, 5.41) is 4.09. The Bertz CT molecular complexity index is 736. The molecule has 1 fully saturated rings. The molecular weight excluding hydrogens is 332 g/mol. The highest BCUT2D eigenvalue weighted by Gasteiger charge is 2.41. The summed E-state index contributed by atoms with van der Waals surface area (Å²) in [4.78, 5) is 17.3. The molecule has 0 aliphatic carbocycles. The Morgan fingerprint density at radius 2 is 2.04 bits per heavy atom. The Balaban J connectivity index is 1.61. The van der Waals surface area contributed by atoms with Crippen molar-refractivity contribution >= 4 is 17.2 Å². The first-order valence-corrected chi connectivity index (χ1v) is 9.82. The van der Waals surface area contributed by atoms with E-state index in [4.69, 9.17) is 4.74 Å².